The van der Waals surface area contributed by atoms with Crippen LogP contribution in [0.5, 0.6) is 0 Å². The summed E-state index contributed by atoms with van der Waals surface area (Å²) in [5.41, 5.74) is 6.71. The number of nitrogens with two attached hydrogens (primary N) is 1. The molecule has 0 radical (unpaired) electrons. The number of hydrogen-bond donors (Lipinski definition) is 5. The topological polar surface area (TPSA) is 150 Å². The van der Waals surface area contributed by atoms with E-state index < -0.39 is 15.7 Å². The molecule has 110 valence electrons. The van der Waals surface area contributed by atoms with Gasteiger partial charge in [0.25, 0.3) is 0 Å². The van der Waals surface area contributed by atoms with Gasteiger partial charge in [0.15, 0.2) is 0 Å². The van der Waals surface area contributed by atoms with Gasteiger partial charge in [0.05, 0.1) is 22.1 Å². The second kappa shape index (κ2) is 4.75. The van der Waals surface area contributed by atoms with Gasteiger partial charge < -0.3 is 15.7 Å². The van der Waals surface area contributed by atoms with E-state index in [1.54, 1.807) is 0 Å². The van der Waals surface area contributed by atoms with Gasteiger partial charge in [-0.3, -0.25) is 5.10 Å². The van der Waals surface area contributed by atoms with Crippen molar-refractivity contribution in [2.75, 3.05) is 5.73 Å². The Morgan fingerprint density at radius 1 is 1.24 bits per heavy atom. The summed E-state index contributed by atoms with van der Waals surface area (Å²) >= 11 is 0. The maximum atomic E-state index is 12.2. The summed E-state index contributed by atoms with van der Waals surface area (Å²) in [6.45, 7) is 0.0202. The van der Waals surface area contributed by atoms with Crippen LogP contribution >= 0.6 is 0 Å². The zero-order chi connectivity index (χ0) is 15.0. The number of sulfonamides is 1. The predicted molar refractivity (Wildman–Crippen MR) is 75.9 cm³/mol. The molecule has 0 fully saturated rings. The number of H-pyrrole nitrogens is 3. The van der Waals surface area contributed by atoms with Crippen molar-refractivity contribution >= 4 is 26.9 Å². The Labute approximate surface area is 118 Å². The Kier molecular flexibility index (Phi) is 3.03. The third-order valence-corrected chi connectivity index (χ3v) is 4.40. The molecular formula is C11H12N6O3S. The first-order chi connectivity index (χ1) is 9.95. The highest BCUT2D eigenvalue weighted by molar-refractivity contribution is 7.89. The van der Waals surface area contributed by atoms with E-state index >= 15 is 0 Å². The predicted octanol–water partition coefficient (Wildman–Crippen LogP) is -0.360. The number of aromatic amines is 3. The normalized spacial score (nSPS) is 12.0. The minimum Gasteiger partial charge on any atom is -0.384 e. The number of aromatic nitrogens is 4. The van der Waals surface area contributed by atoms with Crippen molar-refractivity contribution in [3.05, 3.63) is 40.4 Å². The van der Waals surface area contributed by atoms with Crippen LogP contribution in [0.3, 0.4) is 0 Å². The number of nitrogens with zero attached hydrogens (tertiary/aromatic N) is 1. The molecule has 3 aromatic rings. The van der Waals surface area contributed by atoms with Crippen LogP contribution in [-0.4, -0.2) is 28.6 Å². The molecule has 2 aromatic heterocycles. The number of benzene rings is 1. The van der Waals surface area contributed by atoms with E-state index in [-0.39, 0.29) is 11.4 Å². The molecule has 0 unspecified atom stereocenters. The van der Waals surface area contributed by atoms with Gasteiger partial charge in [-0.25, -0.2) is 17.9 Å². The molecule has 0 spiro atoms. The minimum absolute atomic E-state index is 0.0202. The molecule has 0 amide bonds. The third-order valence-electron chi connectivity index (χ3n) is 3.00. The fourth-order valence-electron chi connectivity index (χ4n) is 1.90. The molecule has 0 saturated carbocycles. The van der Waals surface area contributed by atoms with E-state index in [0.717, 1.165) is 0 Å². The molecule has 3 rings (SSSR count). The van der Waals surface area contributed by atoms with Gasteiger partial charge in [-0.2, -0.15) is 5.10 Å². The van der Waals surface area contributed by atoms with Crippen molar-refractivity contribution < 1.29 is 8.42 Å². The van der Waals surface area contributed by atoms with Crippen LogP contribution in [0.2, 0.25) is 0 Å². The Hall–Kier alpha value is -2.59. The number of anilines is 1. The van der Waals surface area contributed by atoms with E-state index in [4.69, 9.17) is 5.73 Å². The van der Waals surface area contributed by atoms with Crippen LogP contribution in [0.25, 0.3) is 11.0 Å². The fourth-order valence-corrected chi connectivity index (χ4v) is 2.93. The van der Waals surface area contributed by atoms with Crippen LogP contribution < -0.4 is 16.1 Å². The first-order valence-electron chi connectivity index (χ1n) is 5.95. The summed E-state index contributed by atoms with van der Waals surface area (Å²) in [6.07, 6.45) is 1.45. The average molecular weight is 308 g/mol. The number of fused-ring (bicyclic) bond motifs is 1. The van der Waals surface area contributed by atoms with Crippen LogP contribution in [-0.2, 0) is 16.6 Å². The molecule has 1 aromatic carbocycles. The Morgan fingerprint density at radius 3 is 2.71 bits per heavy atom. The number of nitrogen functional groups attached to an aromatic ring is 1. The zero-order valence-corrected chi connectivity index (χ0v) is 11.5. The van der Waals surface area contributed by atoms with Crippen molar-refractivity contribution in [1.29, 1.82) is 0 Å². The Balaban J connectivity index is 1.89. The van der Waals surface area contributed by atoms with E-state index in [0.29, 0.717) is 22.4 Å². The standard InChI is InChI=1S/C11H12N6O3S/c12-10-6(4-13-17-10)5-14-21(19,20)7-1-2-8-9(3-7)16-11(18)15-8/h1-4,14H,5H2,(H3,12,13,17)(H2,15,16,18). The van der Waals surface area contributed by atoms with Crippen molar-refractivity contribution in [1.82, 2.24) is 24.9 Å². The van der Waals surface area contributed by atoms with E-state index in [9.17, 15) is 13.2 Å². The largest absolute Gasteiger partial charge is 0.384 e. The molecule has 0 aliphatic carbocycles. The van der Waals surface area contributed by atoms with E-state index in [1.807, 2.05) is 0 Å². The quantitative estimate of drug-likeness (QED) is 0.446. The molecular weight excluding hydrogens is 296 g/mol. The molecule has 10 heteroatoms. The lowest BCUT2D eigenvalue weighted by Gasteiger charge is -2.06. The van der Waals surface area contributed by atoms with Crippen molar-refractivity contribution in [2.45, 2.75) is 11.4 Å². The third kappa shape index (κ3) is 2.53. The molecule has 6 N–H and O–H groups in total. The lowest BCUT2D eigenvalue weighted by atomic mass is 10.3. The van der Waals surface area contributed by atoms with Gasteiger partial charge in [-0.15, -0.1) is 0 Å². The number of rotatable bonds is 4. The van der Waals surface area contributed by atoms with Gasteiger partial charge in [0.2, 0.25) is 10.0 Å². The van der Waals surface area contributed by atoms with Gasteiger partial charge in [0, 0.05) is 12.1 Å². The Bertz CT molecular complexity index is 952. The average Bonchev–Trinajstić information content (AvgIpc) is 3.00. The summed E-state index contributed by atoms with van der Waals surface area (Å²) in [4.78, 5) is 16.3. The van der Waals surface area contributed by atoms with Crippen molar-refractivity contribution in [3.8, 4) is 0 Å². The fraction of sp³-hybridized carbons (Fsp3) is 0.0909. The van der Waals surface area contributed by atoms with Crippen LogP contribution in [0.15, 0.2) is 34.1 Å². The Morgan fingerprint density at radius 2 is 2.00 bits per heavy atom. The van der Waals surface area contributed by atoms with E-state index in [2.05, 4.69) is 24.9 Å². The first-order valence-corrected chi connectivity index (χ1v) is 7.43. The number of hydrogen-bond acceptors (Lipinski definition) is 5. The lowest BCUT2D eigenvalue weighted by Crippen LogP contribution is -2.23. The molecule has 2 heterocycles. The maximum Gasteiger partial charge on any atom is 0.323 e. The molecule has 0 saturated heterocycles. The highest BCUT2D eigenvalue weighted by Crippen LogP contribution is 2.15. The molecule has 0 atom stereocenters. The molecule has 9 nitrogen and oxygen atoms in total. The molecule has 0 aliphatic rings. The number of imidazole rings is 1. The second-order valence-corrected chi connectivity index (χ2v) is 6.19. The minimum atomic E-state index is -3.72. The maximum absolute atomic E-state index is 12.2. The highest BCUT2D eigenvalue weighted by atomic mass is 32.2. The lowest BCUT2D eigenvalue weighted by molar-refractivity contribution is 0.581. The highest BCUT2D eigenvalue weighted by Gasteiger charge is 2.16. The summed E-state index contributed by atoms with van der Waals surface area (Å²) in [7, 11) is -3.72. The smallest absolute Gasteiger partial charge is 0.323 e. The van der Waals surface area contributed by atoms with Gasteiger partial charge >= 0.3 is 5.69 Å². The molecule has 0 aliphatic heterocycles. The van der Waals surface area contributed by atoms with Crippen molar-refractivity contribution in [3.63, 3.8) is 0 Å². The van der Waals surface area contributed by atoms with Gasteiger partial charge in [-0.1, -0.05) is 0 Å². The zero-order valence-electron chi connectivity index (χ0n) is 10.7. The van der Waals surface area contributed by atoms with Gasteiger partial charge in [0.1, 0.15) is 5.82 Å². The van der Waals surface area contributed by atoms with Gasteiger partial charge in [-0.05, 0) is 18.2 Å². The SMILES string of the molecule is Nc1[nH]ncc1CNS(=O)(=O)c1ccc2[nH]c(=O)[nH]c2c1. The summed E-state index contributed by atoms with van der Waals surface area (Å²) in [6, 6.07) is 4.31. The van der Waals surface area contributed by atoms with Crippen LogP contribution in [0.4, 0.5) is 5.82 Å². The van der Waals surface area contributed by atoms with Crippen molar-refractivity contribution in [2.24, 2.45) is 0 Å². The second-order valence-electron chi connectivity index (χ2n) is 4.42. The summed E-state index contributed by atoms with van der Waals surface area (Å²) in [5, 5.41) is 6.23. The monoisotopic (exact) mass is 308 g/mol. The summed E-state index contributed by atoms with van der Waals surface area (Å²) in [5.74, 6) is 0.308. The number of nitrogens with one attached hydrogen (secondary N) is 4. The molecule has 0 bridgehead atoms. The first kappa shape index (κ1) is 13.4. The van der Waals surface area contributed by atoms with Crippen LogP contribution in [0.1, 0.15) is 5.56 Å². The summed E-state index contributed by atoms with van der Waals surface area (Å²) < 4.78 is 26.8. The van der Waals surface area contributed by atoms with E-state index in [1.165, 1.54) is 24.4 Å². The molecule has 21 heavy (non-hydrogen) atoms. The van der Waals surface area contributed by atoms with Crippen LogP contribution in [0, 0.1) is 0 Å².